The molecule has 1 aromatic heterocycles. The molecule has 0 aliphatic heterocycles. The predicted octanol–water partition coefficient (Wildman–Crippen LogP) is 3.53. The van der Waals surface area contributed by atoms with Crippen molar-refractivity contribution in [1.82, 2.24) is 5.32 Å². The Morgan fingerprint density at radius 2 is 1.59 bits per heavy atom. The van der Waals surface area contributed by atoms with Gasteiger partial charge in [0, 0.05) is 24.3 Å². The molecule has 3 rings (SSSR count). The van der Waals surface area contributed by atoms with Gasteiger partial charge < -0.3 is 25.4 Å². The average Bonchev–Trinajstić information content (AvgIpc) is 3.33. The van der Waals surface area contributed by atoms with Gasteiger partial charge in [-0.3, -0.25) is 14.4 Å². The molecule has 0 atom stereocenters. The molecular formula is C23H23N3O5S. The number of nitrogens with one attached hydrogen (secondary N) is 3. The monoisotopic (exact) mass is 453 g/mol. The van der Waals surface area contributed by atoms with E-state index in [4.69, 9.17) is 9.47 Å². The summed E-state index contributed by atoms with van der Waals surface area (Å²) in [4.78, 5) is 36.9. The van der Waals surface area contributed by atoms with Crippen molar-refractivity contribution in [2.45, 2.75) is 6.42 Å². The van der Waals surface area contributed by atoms with Crippen molar-refractivity contribution in [3.8, 4) is 11.5 Å². The molecule has 0 saturated heterocycles. The van der Waals surface area contributed by atoms with Crippen molar-refractivity contribution in [3.63, 3.8) is 0 Å². The largest absolute Gasteiger partial charge is 0.493 e. The molecular weight excluding hydrogens is 430 g/mol. The summed E-state index contributed by atoms with van der Waals surface area (Å²) in [6.45, 7) is 0.0280. The predicted molar refractivity (Wildman–Crippen MR) is 123 cm³/mol. The molecule has 9 heteroatoms. The van der Waals surface area contributed by atoms with Gasteiger partial charge >= 0.3 is 0 Å². The summed E-state index contributed by atoms with van der Waals surface area (Å²) in [6, 6.07) is 17.3. The first-order valence-electron chi connectivity index (χ1n) is 9.82. The third kappa shape index (κ3) is 6.85. The number of carbonyl (C=O) groups excluding carboxylic acids is 3. The number of amides is 3. The van der Waals surface area contributed by atoms with Crippen LogP contribution in [0.5, 0.6) is 11.5 Å². The van der Waals surface area contributed by atoms with E-state index in [-0.39, 0.29) is 37.3 Å². The first-order valence-corrected chi connectivity index (χ1v) is 10.7. The van der Waals surface area contributed by atoms with Gasteiger partial charge in [-0.05, 0) is 41.8 Å². The van der Waals surface area contributed by atoms with Crippen molar-refractivity contribution in [2.75, 3.05) is 30.9 Å². The molecule has 0 unspecified atom stereocenters. The van der Waals surface area contributed by atoms with Gasteiger partial charge in [-0.2, -0.15) is 0 Å². The SMILES string of the molecule is COc1ccccc1OCC(=O)Nc1cccc(NC(=O)CCNC(=O)c2cccs2)c1. The fourth-order valence-electron chi connectivity index (χ4n) is 2.76. The summed E-state index contributed by atoms with van der Waals surface area (Å²) in [5, 5.41) is 10.00. The highest BCUT2D eigenvalue weighted by Crippen LogP contribution is 2.25. The first kappa shape index (κ1) is 22.8. The lowest BCUT2D eigenvalue weighted by Crippen LogP contribution is -2.27. The van der Waals surface area contributed by atoms with E-state index in [1.807, 2.05) is 11.4 Å². The number of methoxy groups -OCH3 is 1. The number of benzene rings is 2. The zero-order valence-electron chi connectivity index (χ0n) is 17.4. The highest BCUT2D eigenvalue weighted by atomic mass is 32.1. The van der Waals surface area contributed by atoms with Crippen molar-refractivity contribution in [3.05, 3.63) is 70.9 Å². The van der Waals surface area contributed by atoms with Gasteiger partial charge in [0.15, 0.2) is 18.1 Å². The highest BCUT2D eigenvalue weighted by molar-refractivity contribution is 7.12. The van der Waals surface area contributed by atoms with E-state index in [1.54, 1.807) is 54.6 Å². The van der Waals surface area contributed by atoms with Gasteiger partial charge in [0.1, 0.15) is 0 Å². The summed E-state index contributed by atoms with van der Waals surface area (Å²) >= 11 is 1.34. The van der Waals surface area contributed by atoms with Crippen molar-refractivity contribution in [2.24, 2.45) is 0 Å². The third-order valence-electron chi connectivity index (χ3n) is 4.24. The molecule has 0 spiro atoms. The lowest BCUT2D eigenvalue weighted by atomic mass is 10.2. The molecule has 0 radical (unpaired) electrons. The van der Waals surface area contributed by atoms with Crippen molar-refractivity contribution < 1.29 is 23.9 Å². The lowest BCUT2D eigenvalue weighted by molar-refractivity contribution is -0.118. The van der Waals surface area contributed by atoms with Crippen LogP contribution in [-0.4, -0.2) is 38.0 Å². The Kier molecular flexibility index (Phi) is 8.22. The quantitative estimate of drug-likeness (QED) is 0.436. The number of hydrogen-bond donors (Lipinski definition) is 3. The molecule has 0 aliphatic rings. The van der Waals surface area contributed by atoms with Crippen LogP contribution in [0.4, 0.5) is 11.4 Å². The molecule has 8 nitrogen and oxygen atoms in total. The van der Waals surface area contributed by atoms with Gasteiger partial charge in [0.05, 0.1) is 12.0 Å². The normalized spacial score (nSPS) is 10.2. The minimum absolute atomic E-state index is 0.125. The average molecular weight is 454 g/mol. The molecule has 166 valence electrons. The molecule has 0 fully saturated rings. The van der Waals surface area contributed by atoms with E-state index in [0.29, 0.717) is 27.8 Å². The molecule has 3 aromatic rings. The Morgan fingerprint density at radius 3 is 2.28 bits per heavy atom. The number of hydrogen-bond acceptors (Lipinski definition) is 6. The molecule has 32 heavy (non-hydrogen) atoms. The number of anilines is 2. The van der Waals surface area contributed by atoms with Crippen LogP contribution in [0.25, 0.3) is 0 Å². The van der Waals surface area contributed by atoms with Crippen LogP contribution in [-0.2, 0) is 9.59 Å². The Balaban J connectivity index is 1.44. The molecule has 1 heterocycles. The molecule has 3 amide bonds. The second kappa shape index (κ2) is 11.5. The lowest BCUT2D eigenvalue weighted by Gasteiger charge is -2.11. The molecule has 0 saturated carbocycles. The number of ether oxygens (including phenoxy) is 2. The summed E-state index contributed by atoms with van der Waals surface area (Å²) in [6.07, 6.45) is 0.125. The topological polar surface area (TPSA) is 106 Å². The van der Waals surface area contributed by atoms with Crippen LogP contribution in [0.1, 0.15) is 16.1 Å². The summed E-state index contributed by atoms with van der Waals surface area (Å²) < 4.78 is 10.7. The summed E-state index contributed by atoms with van der Waals surface area (Å²) in [7, 11) is 1.53. The van der Waals surface area contributed by atoms with E-state index in [1.165, 1.54) is 18.4 Å². The zero-order chi connectivity index (χ0) is 22.8. The maximum absolute atomic E-state index is 12.2. The fraction of sp³-hybridized carbons (Fsp3) is 0.174. The Morgan fingerprint density at radius 1 is 0.875 bits per heavy atom. The number of carbonyl (C=O) groups is 3. The fourth-order valence-corrected chi connectivity index (χ4v) is 3.40. The van der Waals surface area contributed by atoms with Crippen LogP contribution in [0.15, 0.2) is 66.0 Å². The van der Waals surface area contributed by atoms with Crippen LogP contribution >= 0.6 is 11.3 Å². The highest BCUT2D eigenvalue weighted by Gasteiger charge is 2.10. The first-order chi connectivity index (χ1) is 15.5. The maximum atomic E-state index is 12.2. The van der Waals surface area contributed by atoms with E-state index < -0.39 is 0 Å². The van der Waals surface area contributed by atoms with Gasteiger partial charge in [0.25, 0.3) is 11.8 Å². The van der Waals surface area contributed by atoms with Crippen LogP contribution < -0.4 is 25.4 Å². The van der Waals surface area contributed by atoms with Crippen LogP contribution in [0, 0.1) is 0 Å². The molecule has 2 aromatic carbocycles. The van der Waals surface area contributed by atoms with Crippen LogP contribution in [0.3, 0.4) is 0 Å². The number of para-hydroxylation sites is 2. The summed E-state index contributed by atoms with van der Waals surface area (Å²) in [5.74, 6) is 0.205. The Hall–Kier alpha value is -3.85. The van der Waals surface area contributed by atoms with E-state index in [9.17, 15) is 14.4 Å². The van der Waals surface area contributed by atoms with Gasteiger partial charge in [0.2, 0.25) is 5.91 Å². The summed E-state index contributed by atoms with van der Waals surface area (Å²) in [5.41, 5.74) is 1.05. The number of thiophene rings is 1. The van der Waals surface area contributed by atoms with E-state index >= 15 is 0 Å². The second-order valence-electron chi connectivity index (χ2n) is 6.60. The maximum Gasteiger partial charge on any atom is 0.262 e. The van der Waals surface area contributed by atoms with Gasteiger partial charge in [-0.25, -0.2) is 0 Å². The molecule has 0 aliphatic carbocycles. The van der Waals surface area contributed by atoms with Gasteiger partial charge in [-0.15, -0.1) is 11.3 Å². The molecule has 0 bridgehead atoms. The van der Waals surface area contributed by atoms with E-state index in [2.05, 4.69) is 16.0 Å². The zero-order valence-corrected chi connectivity index (χ0v) is 18.2. The number of rotatable bonds is 10. The minimum atomic E-state index is -0.351. The Labute approximate surface area is 189 Å². The van der Waals surface area contributed by atoms with Gasteiger partial charge in [-0.1, -0.05) is 24.3 Å². The molecule has 3 N–H and O–H groups in total. The Bertz CT molecular complexity index is 1070. The second-order valence-corrected chi connectivity index (χ2v) is 7.55. The standard InChI is InChI=1S/C23H23N3O5S/c1-30-18-8-2-3-9-19(18)31-15-22(28)26-17-7-4-6-16(14-17)25-21(27)11-12-24-23(29)20-10-5-13-32-20/h2-10,13-14H,11-12,15H2,1H3,(H,24,29)(H,25,27)(H,26,28). The minimum Gasteiger partial charge on any atom is -0.493 e. The van der Waals surface area contributed by atoms with Crippen LogP contribution in [0.2, 0.25) is 0 Å². The van der Waals surface area contributed by atoms with Crippen molar-refractivity contribution in [1.29, 1.82) is 0 Å². The van der Waals surface area contributed by atoms with Crippen molar-refractivity contribution >= 4 is 40.4 Å². The van der Waals surface area contributed by atoms with E-state index in [0.717, 1.165) is 0 Å². The third-order valence-corrected chi connectivity index (χ3v) is 5.11. The smallest absolute Gasteiger partial charge is 0.262 e.